The highest BCUT2D eigenvalue weighted by Crippen LogP contribution is 2.37. The Morgan fingerprint density at radius 1 is 1.17 bits per heavy atom. The molecule has 1 aliphatic heterocycles. The predicted molar refractivity (Wildman–Crippen MR) is 107 cm³/mol. The van der Waals surface area contributed by atoms with Crippen LogP contribution in [-0.2, 0) is 0 Å². The van der Waals surface area contributed by atoms with E-state index >= 15 is 0 Å². The number of rotatable bonds is 3. The Bertz CT molecular complexity index is 736. The van der Waals surface area contributed by atoms with Crippen molar-refractivity contribution in [1.29, 1.82) is 0 Å². The fourth-order valence-corrected chi connectivity index (χ4v) is 3.70. The van der Waals surface area contributed by atoms with E-state index < -0.39 is 0 Å². The van der Waals surface area contributed by atoms with E-state index in [1.165, 1.54) is 22.2 Å². The van der Waals surface area contributed by atoms with Crippen LogP contribution in [0.3, 0.4) is 0 Å². The van der Waals surface area contributed by atoms with Crippen LogP contribution in [0.25, 0.3) is 10.9 Å². The number of hydrogen-bond donors (Lipinski definition) is 1. The van der Waals surface area contributed by atoms with E-state index in [1.807, 2.05) is 26.0 Å². The third-order valence-corrected chi connectivity index (χ3v) is 4.73. The van der Waals surface area contributed by atoms with Crippen molar-refractivity contribution in [3.63, 3.8) is 0 Å². The third-order valence-electron chi connectivity index (χ3n) is 4.73. The van der Waals surface area contributed by atoms with Gasteiger partial charge in [0.05, 0.1) is 6.04 Å². The lowest BCUT2D eigenvalue weighted by atomic mass is 9.93. The maximum Gasteiger partial charge on any atom is 0.0641 e. The smallest absolute Gasteiger partial charge is 0.0641 e. The van der Waals surface area contributed by atoms with Gasteiger partial charge in [0.2, 0.25) is 0 Å². The highest BCUT2D eigenvalue weighted by atomic mass is 15.1. The minimum atomic E-state index is 0.239. The molecule has 2 aromatic rings. The van der Waals surface area contributed by atoms with Crippen molar-refractivity contribution in [2.45, 2.75) is 45.7 Å². The maximum absolute atomic E-state index is 4.06. The zero-order chi connectivity index (χ0) is 17.7. The summed E-state index contributed by atoms with van der Waals surface area (Å²) in [5.41, 5.74) is 4.03. The molecule has 0 saturated heterocycles. The summed E-state index contributed by atoms with van der Waals surface area (Å²) in [7, 11) is 0. The quantitative estimate of drug-likeness (QED) is 0.736. The van der Waals surface area contributed by atoms with Gasteiger partial charge in [-0.2, -0.15) is 0 Å². The number of nitrogens with zero attached hydrogens (tertiary/aromatic N) is 1. The summed E-state index contributed by atoms with van der Waals surface area (Å²) < 4.78 is 2.46. The summed E-state index contributed by atoms with van der Waals surface area (Å²) >= 11 is 0. The Hall–Kier alpha value is -2.06. The molecule has 0 amide bonds. The van der Waals surface area contributed by atoms with Crippen LogP contribution in [0.2, 0.25) is 0 Å². The van der Waals surface area contributed by atoms with Crippen LogP contribution in [0, 0.1) is 6.92 Å². The molecule has 0 saturated carbocycles. The average Bonchev–Trinajstić information content (AvgIpc) is 2.82. The lowest BCUT2D eigenvalue weighted by Gasteiger charge is -2.21. The number of allylic oxidation sites excluding steroid dienone is 1. The second kappa shape index (κ2) is 8.16. The normalized spacial score (nSPS) is 23.2. The van der Waals surface area contributed by atoms with Gasteiger partial charge in [0.25, 0.3) is 0 Å². The molecule has 1 N–H and O–H groups in total. The van der Waals surface area contributed by atoms with Gasteiger partial charge < -0.3 is 9.88 Å². The number of aromatic nitrogens is 1. The van der Waals surface area contributed by atoms with Gasteiger partial charge in [-0.15, -0.1) is 13.2 Å². The molecule has 3 atom stereocenters. The SMILES string of the molecule is C=CC1NCC(C=C)n2c(c(C)c3ccccc32)C1/C=C\C.CC. The molecule has 0 bridgehead atoms. The van der Waals surface area contributed by atoms with Crippen molar-refractivity contribution < 1.29 is 0 Å². The number of fused-ring (bicyclic) bond motifs is 3. The molecular weight excluding hydrogens is 292 g/mol. The van der Waals surface area contributed by atoms with E-state index in [-0.39, 0.29) is 12.1 Å². The van der Waals surface area contributed by atoms with E-state index in [1.54, 1.807) is 0 Å². The van der Waals surface area contributed by atoms with Crippen molar-refractivity contribution in [3.8, 4) is 0 Å². The van der Waals surface area contributed by atoms with E-state index in [4.69, 9.17) is 0 Å². The van der Waals surface area contributed by atoms with Crippen LogP contribution < -0.4 is 5.32 Å². The molecule has 1 aliphatic rings. The maximum atomic E-state index is 4.06. The average molecular weight is 322 g/mol. The number of hydrogen-bond acceptors (Lipinski definition) is 1. The summed E-state index contributed by atoms with van der Waals surface area (Å²) in [6.45, 7) is 17.3. The Kier molecular flexibility index (Phi) is 6.22. The minimum Gasteiger partial charge on any atom is -0.335 e. The van der Waals surface area contributed by atoms with E-state index in [0.717, 1.165) is 6.54 Å². The van der Waals surface area contributed by atoms with Crippen LogP contribution in [0.4, 0.5) is 0 Å². The fraction of sp³-hybridized carbons (Fsp3) is 0.364. The van der Waals surface area contributed by atoms with Gasteiger partial charge in [-0.05, 0) is 25.5 Å². The molecule has 2 heteroatoms. The van der Waals surface area contributed by atoms with Crippen molar-refractivity contribution in [2.24, 2.45) is 0 Å². The van der Waals surface area contributed by atoms with E-state index in [0.29, 0.717) is 5.92 Å². The second-order valence-corrected chi connectivity index (χ2v) is 5.92. The number of benzene rings is 1. The van der Waals surface area contributed by atoms with Gasteiger partial charge in [-0.1, -0.05) is 56.4 Å². The minimum absolute atomic E-state index is 0.239. The fourth-order valence-electron chi connectivity index (χ4n) is 3.70. The van der Waals surface area contributed by atoms with Gasteiger partial charge in [0.1, 0.15) is 0 Å². The van der Waals surface area contributed by atoms with Crippen molar-refractivity contribution in [1.82, 2.24) is 9.88 Å². The zero-order valence-electron chi connectivity index (χ0n) is 15.4. The van der Waals surface area contributed by atoms with Gasteiger partial charge in [-0.3, -0.25) is 0 Å². The summed E-state index contributed by atoms with van der Waals surface area (Å²) in [6.07, 6.45) is 8.49. The van der Waals surface area contributed by atoms with Gasteiger partial charge in [0.15, 0.2) is 0 Å². The first kappa shape index (κ1) is 18.3. The van der Waals surface area contributed by atoms with Crippen LogP contribution in [0.5, 0.6) is 0 Å². The molecule has 0 fully saturated rings. The molecule has 128 valence electrons. The summed E-state index contributed by atoms with van der Waals surface area (Å²) in [4.78, 5) is 0. The molecule has 24 heavy (non-hydrogen) atoms. The summed E-state index contributed by atoms with van der Waals surface area (Å²) in [5, 5.41) is 4.97. The zero-order valence-corrected chi connectivity index (χ0v) is 15.4. The molecule has 2 nitrogen and oxygen atoms in total. The molecule has 0 aliphatic carbocycles. The highest BCUT2D eigenvalue weighted by molar-refractivity contribution is 5.86. The molecule has 1 aromatic heterocycles. The first-order valence-electron chi connectivity index (χ1n) is 8.93. The lowest BCUT2D eigenvalue weighted by Crippen LogP contribution is -2.32. The predicted octanol–water partition coefficient (Wildman–Crippen LogP) is 5.52. The van der Waals surface area contributed by atoms with E-state index in [2.05, 4.69) is 73.3 Å². The molecule has 3 unspecified atom stereocenters. The lowest BCUT2D eigenvalue weighted by molar-refractivity contribution is 0.542. The Balaban J connectivity index is 0.00000100. The van der Waals surface area contributed by atoms with Crippen LogP contribution in [-0.4, -0.2) is 17.2 Å². The summed E-state index contributed by atoms with van der Waals surface area (Å²) in [5.74, 6) is 0.292. The van der Waals surface area contributed by atoms with Gasteiger partial charge >= 0.3 is 0 Å². The standard InChI is InChI=1S/C20H24N2.C2H6/c1-5-10-17-18(7-3)21-13-15(6-2)22-19-12-9-8-11-16(19)14(4)20(17)22;1-2/h5-12,15,17-18,21H,2-3,13H2,1,4H3;1-2H3/b10-5-;. The molecular formula is C22H30N2. The third kappa shape index (κ3) is 2.99. The number of para-hydroxylation sites is 1. The molecule has 1 aromatic carbocycles. The van der Waals surface area contributed by atoms with Crippen LogP contribution in [0.15, 0.2) is 61.7 Å². The van der Waals surface area contributed by atoms with Crippen molar-refractivity contribution >= 4 is 10.9 Å². The largest absolute Gasteiger partial charge is 0.335 e. The van der Waals surface area contributed by atoms with Crippen LogP contribution >= 0.6 is 0 Å². The monoisotopic (exact) mass is 322 g/mol. The first-order chi connectivity index (χ1) is 11.7. The highest BCUT2D eigenvalue weighted by Gasteiger charge is 2.30. The molecule has 2 heterocycles. The Labute approximate surface area is 146 Å². The Morgan fingerprint density at radius 2 is 1.88 bits per heavy atom. The molecule has 0 spiro atoms. The first-order valence-corrected chi connectivity index (χ1v) is 8.93. The van der Waals surface area contributed by atoms with Crippen molar-refractivity contribution in [3.05, 3.63) is 73.0 Å². The van der Waals surface area contributed by atoms with Gasteiger partial charge in [0, 0.05) is 35.1 Å². The van der Waals surface area contributed by atoms with E-state index in [9.17, 15) is 0 Å². The topological polar surface area (TPSA) is 17.0 Å². The number of aryl methyl sites for hydroxylation is 1. The molecule has 3 rings (SSSR count). The van der Waals surface area contributed by atoms with Crippen LogP contribution in [0.1, 0.15) is 44.0 Å². The Morgan fingerprint density at radius 3 is 2.50 bits per heavy atom. The van der Waals surface area contributed by atoms with Gasteiger partial charge in [-0.25, -0.2) is 0 Å². The second-order valence-electron chi connectivity index (χ2n) is 5.92. The molecule has 0 radical (unpaired) electrons. The summed E-state index contributed by atoms with van der Waals surface area (Å²) in [6, 6.07) is 9.16. The number of nitrogens with one attached hydrogen (secondary N) is 1. The van der Waals surface area contributed by atoms with Crippen molar-refractivity contribution in [2.75, 3.05) is 6.54 Å².